The second kappa shape index (κ2) is 33.3. The third-order valence-electron chi connectivity index (χ3n) is 25.0. The Morgan fingerprint density at radius 3 is 1.66 bits per heavy atom. The van der Waals surface area contributed by atoms with Crippen LogP contribution in [-0.4, -0.2) is 215 Å². The summed E-state index contributed by atoms with van der Waals surface area (Å²) in [7, 11) is 8.73. The lowest BCUT2D eigenvalue weighted by Gasteiger charge is -2.64. The van der Waals surface area contributed by atoms with Crippen LogP contribution in [0.5, 0.6) is 11.5 Å². The third kappa shape index (κ3) is 13.4. The quantitative estimate of drug-likeness (QED) is 0.0285. The van der Waals surface area contributed by atoms with E-state index in [1.54, 1.807) is 14.2 Å². The number of rotatable bonds is 17. The van der Waals surface area contributed by atoms with Crippen molar-refractivity contribution >= 4 is 52.4 Å². The number of amides is 2. The lowest BCUT2D eigenvalue weighted by atomic mass is 9.47. The minimum absolute atomic E-state index is 0. The maximum absolute atomic E-state index is 15.4. The Hall–Kier alpha value is -8.05. The van der Waals surface area contributed by atoms with Crippen LogP contribution < -0.4 is 29.9 Å². The summed E-state index contributed by atoms with van der Waals surface area (Å²) in [6.45, 7) is 22.8. The van der Waals surface area contributed by atoms with Crippen LogP contribution in [0.25, 0.3) is 10.9 Å². The Labute approximate surface area is 629 Å². The Bertz CT molecular complexity index is 4020. The van der Waals surface area contributed by atoms with Gasteiger partial charge in [0, 0.05) is 168 Å². The first-order valence-electron chi connectivity index (χ1n) is 37.1. The van der Waals surface area contributed by atoms with Gasteiger partial charge in [-0.15, -0.1) is 0 Å². The molecule has 0 radical (unpaired) electrons. The summed E-state index contributed by atoms with van der Waals surface area (Å²) in [5, 5.41) is 33.5. The standard InChI is InChI=1S/C50H65N5O8.C29H41N3O6.CH4.3F2/c1-9-32-22-33-25-49(45(57)61-8,41-35(16-20-54(26-32)27-33)34-14-11-12-15-38(34)52-41)37-23-36-39(24-40(37)60-7)53(6)43-48(36)18-21-55-19-13-17-47(10-2,42(48)55)44(63-31(5)56)50(43,59)29-51-46(58)62-28-30(3)4;1-7-27-11-8-13-32-14-12-28(23(27)32)21-10-9-20(36-6)15-22(21)31(5)24(28)29(35,25(27)38-19(4)33)17-30-26(34)37-16-18(2)3;;3*1-2/h11-15,17,22-24,30,33,42-44,52,59H,9-10,16,18-21,25-29H2,1-8H3,(H,51,58);8-11,15,18,23-25,35H,7,12-14,16-17H2,1-6H3,(H,30,34);1H4;;;/t33-,42-,43+,44+,47+,48+,49-,50-;23-,24+,25+,27+,28+,29-;;;;/m00..../s1. The molecule has 596 valence electrons. The van der Waals surface area contributed by atoms with Crippen molar-refractivity contribution in [3.8, 4) is 11.5 Å². The first-order chi connectivity index (χ1) is 51.3. The average molecular weight is 1520 g/mol. The van der Waals surface area contributed by atoms with E-state index in [0.29, 0.717) is 43.5 Å². The molecule has 2 bridgehead atoms. The first kappa shape index (κ1) is 84.0. The number of benzene rings is 3. The molecule has 5 N–H and O–H groups in total. The van der Waals surface area contributed by atoms with E-state index >= 15 is 4.79 Å². The summed E-state index contributed by atoms with van der Waals surface area (Å²) in [5.74, 6) is 0.262. The van der Waals surface area contributed by atoms with Crippen LogP contribution in [0.15, 0.2) is 90.6 Å². The van der Waals surface area contributed by atoms with E-state index in [4.69, 9.17) is 60.6 Å². The number of nitrogens with one attached hydrogen (secondary N) is 3. The molecule has 1 aromatic heterocycles. The van der Waals surface area contributed by atoms with Crippen LogP contribution in [0.4, 0.5) is 48.4 Å². The maximum Gasteiger partial charge on any atom is 0.407 e. The van der Waals surface area contributed by atoms with Crippen LogP contribution >= 0.6 is 0 Å². The summed E-state index contributed by atoms with van der Waals surface area (Å²) in [4.78, 5) is 82.8. The summed E-state index contributed by atoms with van der Waals surface area (Å²) in [5.41, 5.74) is 1.45. The second-order valence-electron chi connectivity index (χ2n) is 31.3. The van der Waals surface area contributed by atoms with E-state index in [1.165, 1.54) is 26.5 Å². The third-order valence-corrected chi connectivity index (χ3v) is 25.0. The van der Waals surface area contributed by atoms with Crippen LogP contribution in [-0.2, 0) is 60.7 Å². The number of hydrogen-bond acceptors (Lipinski definition) is 19. The number of carbonyl (C=O) groups excluding carboxylic acids is 5. The van der Waals surface area contributed by atoms with Gasteiger partial charge in [0.1, 0.15) is 40.3 Å². The van der Waals surface area contributed by atoms with Crippen LogP contribution in [0.3, 0.4) is 0 Å². The fraction of sp³-hybridized carbons (Fsp3) is 0.613. The molecule has 10 aliphatic rings. The molecule has 2 aliphatic carbocycles. The van der Waals surface area contributed by atoms with E-state index < -0.39 is 86.7 Å². The fourth-order valence-corrected chi connectivity index (χ4v) is 21.7. The number of fused-ring (bicyclic) bond motifs is 7. The number of H-pyrrole nitrogens is 1. The molecule has 28 heteroatoms. The average Bonchev–Trinajstić information content (AvgIpc) is 1.47. The highest BCUT2D eigenvalue weighted by Crippen LogP contribution is 2.70. The largest absolute Gasteiger partial charge is 0.497 e. The van der Waals surface area contributed by atoms with Crippen molar-refractivity contribution in [2.75, 3.05) is 117 Å². The topological polar surface area (TPSA) is 246 Å². The zero-order valence-corrected chi connectivity index (χ0v) is 63.8. The number of esters is 3. The van der Waals surface area contributed by atoms with Gasteiger partial charge in [0.25, 0.3) is 0 Å². The van der Waals surface area contributed by atoms with E-state index in [1.807, 2.05) is 66.1 Å². The SMILES string of the molecule is C.CCC1=C[C@@H]2CN(CCc3c([nH]c4ccccc34)[C@@](C(=O)OC)(c3cc4c(cc3OC)N(C)[C@H]3[C@@](O)(CNC(=O)OCC(C)C)[C@H](OC(C)=O)[C@]5(CC)C=CCN6CC[C@]43[C@@H]65)C2)C1.CC[C@]12C=CCN3CC[C@@]4(c5ccc(OC)cc5N(C)[C@H]4[C@@](O)(CNC(=O)OCC(C)C)[C@@H]1OC(C)=O)[C@@H]32.FF.FF.FF. The lowest BCUT2D eigenvalue weighted by Crippen LogP contribution is -2.81. The number of nitrogens with zero attached hydrogens (tertiary/aromatic N) is 5. The van der Waals surface area contributed by atoms with Gasteiger partial charge in [-0.1, -0.05) is 116 Å². The van der Waals surface area contributed by atoms with Gasteiger partial charge >= 0.3 is 30.1 Å². The number of methoxy groups -OCH3 is 3. The number of carbonyl (C=O) groups is 5. The number of aromatic amines is 1. The number of alkyl carbamates (subject to hydrolysis) is 2. The van der Waals surface area contributed by atoms with Crippen molar-refractivity contribution in [2.24, 2.45) is 28.6 Å². The Kier molecular flexibility index (Phi) is 25.9. The first-order valence-corrected chi connectivity index (χ1v) is 37.1. The highest BCUT2D eigenvalue weighted by Gasteiger charge is 2.80. The Morgan fingerprint density at radius 1 is 0.657 bits per heavy atom. The minimum atomic E-state index is -1.82. The minimum Gasteiger partial charge on any atom is -0.497 e. The molecule has 8 aliphatic heterocycles. The van der Waals surface area contributed by atoms with E-state index in [-0.39, 0.29) is 69.5 Å². The van der Waals surface area contributed by atoms with Crippen LogP contribution in [0.2, 0.25) is 0 Å². The fourth-order valence-electron chi connectivity index (χ4n) is 21.7. The Morgan fingerprint density at radius 2 is 1.18 bits per heavy atom. The predicted octanol–water partition coefficient (Wildman–Crippen LogP) is 12.0. The normalized spacial score (nSPS) is 31.7. The van der Waals surface area contributed by atoms with Crippen molar-refractivity contribution in [3.05, 3.63) is 118 Å². The predicted molar refractivity (Wildman–Crippen MR) is 398 cm³/mol. The van der Waals surface area contributed by atoms with Gasteiger partial charge in [0.15, 0.2) is 0 Å². The second-order valence-corrected chi connectivity index (χ2v) is 31.3. The molecule has 2 saturated heterocycles. The molecule has 1 unspecified atom stereocenters. The molecule has 14 rings (SSSR count). The number of halogens is 6. The van der Waals surface area contributed by atoms with Gasteiger partial charge in [0.05, 0.1) is 59.7 Å². The highest BCUT2D eigenvalue weighted by atomic mass is 20.0. The summed E-state index contributed by atoms with van der Waals surface area (Å²) in [6, 6.07) is 17.3. The number of aromatic nitrogens is 1. The molecule has 9 heterocycles. The van der Waals surface area contributed by atoms with E-state index in [2.05, 4.69) is 122 Å². The van der Waals surface area contributed by atoms with Crippen molar-refractivity contribution in [1.82, 2.24) is 30.3 Å². The smallest absolute Gasteiger partial charge is 0.407 e. The van der Waals surface area contributed by atoms with Crippen molar-refractivity contribution in [2.45, 2.75) is 179 Å². The zero-order chi connectivity index (χ0) is 78.1. The molecule has 2 saturated carbocycles. The molecule has 3 aromatic carbocycles. The van der Waals surface area contributed by atoms with Crippen molar-refractivity contribution in [1.29, 1.82) is 0 Å². The summed E-state index contributed by atoms with van der Waals surface area (Å²) in [6.07, 6.45) is 12.6. The number of likely N-dealkylation sites (N-methyl/N-ethyl adjacent to an activating group) is 2. The van der Waals surface area contributed by atoms with Gasteiger partial charge in [-0.3, -0.25) is 29.1 Å². The van der Waals surface area contributed by atoms with Gasteiger partial charge in [-0.2, -0.15) is 0 Å². The van der Waals surface area contributed by atoms with Gasteiger partial charge in [0.2, 0.25) is 0 Å². The van der Waals surface area contributed by atoms with Gasteiger partial charge < -0.3 is 68.8 Å². The van der Waals surface area contributed by atoms with Gasteiger partial charge in [-0.05, 0) is 111 Å². The van der Waals surface area contributed by atoms with Gasteiger partial charge in [-0.25, -0.2) is 9.59 Å². The van der Waals surface area contributed by atoms with Crippen LogP contribution in [0, 0.1) is 28.6 Å². The maximum atomic E-state index is 15.4. The zero-order valence-electron chi connectivity index (χ0n) is 63.8. The molecular weight excluding hydrogens is 1410 g/mol. The summed E-state index contributed by atoms with van der Waals surface area (Å²) >= 11 is 0. The highest BCUT2D eigenvalue weighted by molar-refractivity contribution is 5.94. The number of anilines is 2. The van der Waals surface area contributed by atoms with E-state index in [0.717, 1.165) is 109 Å². The summed E-state index contributed by atoms with van der Waals surface area (Å²) < 4.78 is 89.5. The monoisotopic (exact) mass is 1520 g/mol. The molecule has 4 aromatic rings. The van der Waals surface area contributed by atoms with E-state index in [9.17, 15) is 29.4 Å². The lowest BCUT2D eigenvalue weighted by molar-refractivity contribution is -0.217. The van der Waals surface area contributed by atoms with Crippen molar-refractivity contribution < 1.29 is 94.8 Å². The Balaban J connectivity index is 0.000000256. The molecule has 15 atom stereocenters. The molecule has 4 fully saturated rings. The van der Waals surface area contributed by atoms with Crippen molar-refractivity contribution in [3.63, 3.8) is 0 Å². The molecule has 2 amide bonds. The van der Waals surface area contributed by atoms with Crippen LogP contribution in [0.1, 0.15) is 136 Å². The molecule has 22 nitrogen and oxygen atoms in total. The molecule has 108 heavy (non-hydrogen) atoms. The molecule has 2 spiro atoms. The number of ether oxygens (including phenoxy) is 7. The number of hydrogen-bond donors (Lipinski definition) is 5. The number of aliphatic hydroxyl groups is 2. The molecular formula is C80H110F6N8O14. The number of para-hydroxylation sites is 1.